The predicted octanol–water partition coefficient (Wildman–Crippen LogP) is 0.808. The Bertz CT molecular complexity index is 177. The largest absolute Gasteiger partial charge is 0.510 e. The molecule has 1 saturated heterocycles. The fourth-order valence-electron chi connectivity index (χ4n) is 0.899. The molecule has 1 aliphatic heterocycles. The molecule has 4 heteroatoms. The van der Waals surface area contributed by atoms with Crippen LogP contribution < -0.4 is 0 Å². The quantitative estimate of drug-likeness (QED) is 0.477. The zero-order valence-corrected chi connectivity index (χ0v) is 6.08. The Kier molecular flexibility index (Phi) is 2.14. The molecule has 0 radical (unpaired) electrons. The third-order valence-corrected chi connectivity index (χ3v) is 1.45. The smallest absolute Gasteiger partial charge is 0.434 e. The SMILES string of the molecule is C=CCC1(O)CCOC(=O)O1. The summed E-state index contributed by atoms with van der Waals surface area (Å²) in [6.07, 6.45) is 1.21. The van der Waals surface area contributed by atoms with Crippen molar-refractivity contribution >= 4 is 6.16 Å². The van der Waals surface area contributed by atoms with Gasteiger partial charge in [-0.2, -0.15) is 0 Å². The van der Waals surface area contributed by atoms with Gasteiger partial charge < -0.3 is 14.6 Å². The number of cyclic esters (lactones) is 2. The van der Waals surface area contributed by atoms with Crippen LogP contribution in [0, 0.1) is 0 Å². The molecule has 11 heavy (non-hydrogen) atoms. The van der Waals surface area contributed by atoms with E-state index in [1.54, 1.807) is 0 Å². The summed E-state index contributed by atoms with van der Waals surface area (Å²) in [7, 11) is 0. The topological polar surface area (TPSA) is 55.8 Å². The van der Waals surface area contributed by atoms with Crippen molar-refractivity contribution in [2.45, 2.75) is 18.6 Å². The number of ether oxygens (including phenoxy) is 2. The molecule has 0 aromatic rings. The molecule has 0 bridgehead atoms. The lowest BCUT2D eigenvalue weighted by Crippen LogP contribution is -2.40. The van der Waals surface area contributed by atoms with Crippen LogP contribution in [0.3, 0.4) is 0 Å². The summed E-state index contributed by atoms with van der Waals surface area (Å²) in [5.74, 6) is -1.39. The Labute approximate surface area is 64.4 Å². The van der Waals surface area contributed by atoms with Crippen LogP contribution in [0.4, 0.5) is 4.79 Å². The zero-order valence-electron chi connectivity index (χ0n) is 6.08. The molecule has 1 fully saturated rings. The van der Waals surface area contributed by atoms with E-state index in [9.17, 15) is 9.90 Å². The van der Waals surface area contributed by atoms with Crippen LogP contribution in [-0.4, -0.2) is 23.7 Å². The highest BCUT2D eigenvalue weighted by Crippen LogP contribution is 2.22. The molecule has 4 nitrogen and oxygen atoms in total. The molecule has 1 N–H and O–H groups in total. The van der Waals surface area contributed by atoms with Gasteiger partial charge in [0.25, 0.3) is 0 Å². The summed E-state index contributed by atoms with van der Waals surface area (Å²) in [6.45, 7) is 3.63. The van der Waals surface area contributed by atoms with E-state index >= 15 is 0 Å². The van der Waals surface area contributed by atoms with Crippen molar-refractivity contribution in [3.05, 3.63) is 12.7 Å². The fraction of sp³-hybridized carbons (Fsp3) is 0.571. The molecular weight excluding hydrogens is 148 g/mol. The first-order chi connectivity index (χ1) is 5.16. The summed E-state index contributed by atoms with van der Waals surface area (Å²) < 4.78 is 9.00. The van der Waals surface area contributed by atoms with Gasteiger partial charge in [-0.25, -0.2) is 4.79 Å². The van der Waals surface area contributed by atoms with Crippen LogP contribution in [0.2, 0.25) is 0 Å². The van der Waals surface area contributed by atoms with Gasteiger partial charge in [-0.3, -0.25) is 0 Å². The number of hydrogen-bond acceptors (Lipinski definition) is 4. The van der Waals surface area contributed by atoms with Gasteiger partial charge in [0.05, 0.1) is 0 Å². The number of carbonyl (C=O) groups excluding carboxylic acids is 1. The van der Waals surface area contributed by atoms with E-state index in [1.807, 2.05) is 0 Å². The fourth-order valence-corrected chi connectivity index (χ4v) is 0.899. The summed E-state index contributed by atoms with van der Waals surface area (Å²) in [5, 5.41) is 9.45. The van der Waals surface area contributed by atoms with Crippen LogP contribution in [0.25, 0.3) is 0 Å². The molecule has 1 unspecified atom stereocenters. The van der Waals surface area contributed by atoms with E-state index in [0.717, 1.165) is 0 Å². The van der Waals surface area contributed by atoms with Crippen molar-refractivity contribution in [3.8, 4) is 0 Å². The molecule has 0 aliphatic carbocycles. The molecule has 62 valence electrons. The molecule has 0 aromatic heterocycles. The molecule has 1 heterocycles. The van der Waals surface area contributed by atoms with Gasteiger partial charge in [0.15, 0.2) is 0 Å². The Balaban J connectivity index is 2.54. The molecule has 0 spiro atoms. The summed E-state index contributed by atoms with van der Waals surface area (Å²) in [4.78, 5) is 10.5. The summed E-state index contributed by atoms with van der Waals surface area (Å²) >= 11 is 0. The predicted molar refractivity (Wildman–Crippen MR) is 36.8 cm³/mol. The van der Waals surface area contributed by atoms with Gasteiger partial charge in [0.1, 0.15) is 6.61 Å². The monoisotopic (exact) mass is 158 g/mol. The number of hydrogen-bond donors (Lipinski definition) is 1. The first-order valence-electron chi connectivity index (χ1n) is 3.35. The number of carbonyl (C=O) groups is 1. The average Bonchev–Trinajstić information content (AvgIpc) is 1.86. The van der Waals surface area contributed by atoms with E-state index < -0.39 is 11.9 Å². The minimum absolute atomic E-state index is 0.198. The Morgan fingerprint density at radius 3 is 3.09 bits per heavy atom. The van der Waals surface area contributed by atoms with Gasteiger partial charge >= 0.3 is 6.16 Å². The maximum Gasteiger partial charge on any atom is 0.510 e. The minimum Gasteiger partial charge on any atom is -0.434 e. The lowest BCUT2D eigenvalue weighted by atomic mass is 10.1. The lowest BCUT2D eigenvalue weighted by Gasteiger charge is -2.29. The van der Waals surface area contributed by atoms with Crippen molar-refractivity contribution in [2.75, 3.05) is 6.61 Å². The van der Waals surface area contributed by atoms with Crippen molar-refractivity contribution in [3.63, 3.8) is 0 Å². The van der Waals surface area contributed by atoms with Crippen molar-refractivity contribution in [2.24, 2.45) is 0 Å². The van der Waals surface area contributed by atoms with Crippen LogP contribution in [-0.2, 0) is 9.47 Å². The van der Waals surface area contributed by atoms with Crippen LogP contribution in [0.1, 0.15) is 12.8 Å². The third kappa shape index (κ3) is 1.94. The molecule has 0 aromatic carbocycles. The maximum absolute atomic E-state index is 10.5. The maximum atomic E-state index is 10.5. The summed E-state index contributed by atoms with van der Waals surface area (Å²) in [6, 6.07) is 0. The lowest BCUT2D eigenvalue weighted by molar-refractivity contribution is -0.207. The minimum atomic E-state index is -1.39. The summed E-state index contributed by atoms with van der Waals surface area (Å²) in [5.41, 5.74) is 0. The second-order valence-electron chi connectivity index (χ2n) is 2.39. The first-order valence-corrected chi connectivity index (χ1v) is 3.35. The Morgan fingerprint density at radius 1 is 1.82 bits per heavy atom. The first kappa shape index (κ1) is 8.07. The van der Waals surface area contributed by atoms with E-state index in [-0.39, 0.29) is 13.0 Å². The van der Waals surface area contributed by atoms with Gasteiger partial charge in [-0.15, -0.1) is 6.58 Å². The van der Waals surface area contributed by atoms with E-state index in [2.05, 4.69) is 16.1 Å². The van der Waals surface area contributed by atoms with Gasteiger partial charge in [0, 0.05) is 12.8 Å². The molecular formula is C7H10O4. The molecule has 0 amide bonds. The third-order valence-electron chi connectivity index (χ3n) is 1.45. The van der Waals surface area contributed by atoms with E-state index in [0.29, 0.717) is 6.42 Å². The highest BCUT2D eigenvalue weighted by atomic mass is 16.8. The number of aliphatic hydroxyl groups is 1. The van der Waals surface area contributed by atoms with Crippen LogP contribution >= 0.6 is 0 Å². The molecule has 1 aliphatic rings. The molecule has 0 saturated carbocycles. The number of rotatable bonds is 2. The zero-order chi connectivity index (χ0) is 8.32. The van der Waals surface area contributed by atoms with E-state index in [1.165, 1.54) is 6.08 Å². The average molecular weight is 158 g/mol. The van der Waals surface area contributed by atoms with Gasteiger partial charge in [-0.1, -0.05) is 6.08 Å². The van der Waals surface area contributed by atoms with Gasteiger partial charge in [-0.05, 0) is 0 Å². The second kappa shape index (κ2) is 2.92. The Morgan fingerprint density at radius 2 is 2.55 bits per heavy atom. The highest BCUT2D eigenvalue weighted by Gasteiger charge is 2.34. The van der Waals surface area contributed by atoms with Crippen LogP contribution in [0.15, 0.2) is 12.7 Å². The van der Waals surface area contributed by atoms with Crippen LogP contribution in [0.5, 0.6) is 0 Å². The van der Waals surface area contributed by atoms with Crippen molar-refractivity contribution < 1.29 is 19.4 Å². The van der Waals surface area contributed by atoms with Gasteiger partial charge in [0.2, 0.25) is 5.79 Å². The highest BCUT2D eigenvalue weighted by molar-refractivity contribution is 5.61. The van der Waals surface area contributed by atoms with E-state index in [4.69, 9.17) is 0 Å². The molecule has 1 atom stereocenters. The van der Waals surface area contributed by atoms with Crippen molar-refractivity contribution in [1.29, 1.82) is 0 Å². The standard InChI is InChI=1S/C7H10O4/c1-2-3-7(9)4-5-10-6(8)11-7/h2,9H,1,3-5H2. The second-order valence-corrected chi connectivity index (χ2v) is 2.39. The normalized spacial score (nSPS) is 30.5. The molecule has 1 rings (SSSR count). The Hall–Kier alpha value is -1.03. The van der Waals surface area contributed by atoms with Crippen molar-refractivity contribution in [1.82, 2.24) is 0 Å².